The van der Waals surface area contributed by atoms with Gasteiger partial charge in [-0.05, 0) is 69.3 Å². The van der Waals surface area contributed by atoms with Crippen molar-refractivity contribution in [3.8, 4) is 0 Å². The predicted octanol–water partition coefficient (Wildman–Crippen LogP) is 3.20. The molecule has 32 heavy (non-hydrogen) atoms. The van der Waals surface area contributed by atoms with E-state index in [1.807, 2.05) is 19.0 Å². The number of alkyl halides is 3. The Balaban J connectivity index is 1.72. The fourth-order valence-corrected chi connectivity index (χ4v) is 6.44. The quantitative estimate of drug-likeness (QED) is 0.658. The van der Waals surface area contributed by atoms with Gasteiger partial charge in [0.1, 0.15) is 0 Å². The highest BCUT2D eigenvalue weighted by Gasteiger charge is 2.47. The summed E-state index contributed by atoms with van der Waals surface area (Å²) in [7, 11) is -0.320. The summed E-state index contributed by atoms with van der Waals surface area (Å²) in [6.45, 7) is 4.58. The van der Waals surface area contributed by atoms with Gasteiger partial charge in [-0.15, -0.1) is 0 Å². The minimum atomic E-state index is -4.61. The van der Waals surface area contributed by atoms with Gasteiger partial charge in [-0.1, -0.05) is 19.9 Å². The van der Waals surface area contributed by atoms with E-state index in [0.717, 1.165) is 31.4 Å². The first kappa shape index (κ1) is 25.0. The van der Waals surface area contributed by atoms with Gasteiger partial charge < -0.3 is 5.32 Å². The molecule has 4 atom stereocenters. The lowest BCUT2D eigenvalue weighted by Crippen LogP contribution is -2.49. The van der Waals surface area contributed by atoms with Crippen LogP contribution in [0.15, 0.2) is 29.2 Å². The van der Waals surface area contributed by atoms with Gasteiger partial charge in [0.2, 0.25) is 15.9 Å². The minimum absolute atomic E-state index is 0.0404. The summed E-state index contributed by atoms with van der Waals surface area (Å²) >= 11 is 0. The molecule has 0 bridgehead atoms. The smallest absolute Gasteiger partial charge is 0.352 e. The average molecular weight is 476 g/mol. The lowest BCUT2D eigenvalue weighted by molar-refractivity contribution is -0.137. The van der Waals surface area contributed by atoms with Crippen LogP contribution in [-0.4, -0.2) is 62.8 Å². The molecule has 2 fully saturated rings. The van der Waals surface area contributed by atoms with E-state index in [-0.39, 0.29) is 47.8 Å². The van der Waals surface area contributed by atoms with Crippen LogP contribution in [0.5, 0.6) is 0 Å². The molecule has 0 unspecified atom stereocenters. The van der Waals surface area contributed by atoms with Crippen LogP contribution in [0.25, 0.3) is 0 Å². The molecule has 1 aromatic carbocycles. The number of fused-ring (bicyclic) bond motifs is 1. The molecule has 2 aliphatic rings. The van der Waals surface area contributed by atoms with Crippen molar-refractivity contribution in [1.29, 1.82) is 0 Å². The highest BCUT2D eigenvalue weighted by atomic mass is 32.2. The van der Waals surface area contributed by atoms with Gasteiger partial charge in [0, 0.05) is 19.1 Å². The summed E-state index contributed by atoms with van der Waals surface area (Å²) in [6, 6.07) is 3.47. The van der Waals surface area contributed by atoms with E-state index in [4.69, 9.17) is 0 Å². The van der Waals surface area contributed by atoms with E-state index in [9.17, 15) is 26.4 Å². The zero-order valence-corrected chi connectivity index (χ0v) is 19.7. The number of nitrogens with zero attached hydrogens (tertiary/aromatic N) is 2. The normalized spacial score (nSPS) is 25.3. The first-order valence-corrected chi connectivity index (χ1v) is 12.4. The molecule has 1 heterocycles. The molecule has 0 spiro atoms. The average Bonchev–Trinajstić information content (AvgIpc) is 3.27. The van der Waals surface area contributed by atoms with Crippen LogP contribution < -0.4 is 5.32 Å². The predicted molar refractivity (Wildman–Crippen MR) is 115 cm³/mol. The Labute approximate surface area is 188 Å². The van der Waals surface area contributed by atoms with Crippen molar-refractivity contribution in [3.05, 3.63) is 29.8 Å². The molecular weight excluding hydrogens is 443 g/mol. The van der Waals surface area contributed by atoms with E-state index in [0.29, 0.717) is 12.0 Å². The van der Waals surface area contributed by atoms with Crippen molar-refractivity contribution in [2.45, 2.75) is 56.3 Å². The molecule has 180 valence electrons. The zero-order valence-electron chi connectivity index (χ0n) is 18.9. The Hall–Kier alpha value is -1.65. The molecule has 0 aromatic heterocycles. The molecule has 3 rings (SSSR count). The number of amides is 1. The molecule has 1 saturated carbocycles. The second-order valence-electron chi connectivity index (χ2n) is 9.57. The second kappa shape index (κ2) is 9.30. The van der Waals surface area contributed by atoms with Gasteiger partial charge in [-0.2, -0.15) is 17.5 Å². The number of nitrogens with one attached hydrogen (secondary N) is 1. The molecule has 6 nitrogen and oxygen atoms in total. The Bertz CT molecular complexity index is 934. The Morgan fingerprint density at radius 3 is 2.50 bits per heavy atom. The van der Waals surface area contributed by atoms with Crippen molar-refractivity contribution in [2.75, 3.05) is 27.2 Å². The summed E-state index contributed by atoms with van der Waals surface area (Å²) in [5.74, 6) is 0.336. The molecule has 10 heteroatoms. The topological polar surface area (TPSA) is 69.7 Å². The van der Waals surface area contributed by atoms with Crippen molar-refractivity contribution in [2.24, 2.45) is 17.8 Å². The summed E-state index contributed by atoms with van der Waals surface area (Å²) in [4.78, 5) is 14.4. The summed E-state index contributed by atoms with van der Waals surface area (Å²) < 4.78 is 66.5. The van der Waals surface area contributed by atoms with Crippen molar-refractivity contribution < 1.29 is 26.4 Å². The van der Waals surface area contributed by atoms with Gasteiger partial charge in [0.05, 0.1) is 16.5 Å². The van der Waals surface area contributed by atoms with Crippen LogP contribution in [0.4, 0.5) is 13.2 Å². The number of benzene rings is 1. The maximum Gasteiger partial charge on any atom is 0.416 e. The van der Waals surface area contributed by atoms with E-state index >= 15 is 0 Å². The standard InChI is InChI=1S/C22H32F3N3O3S/c1-14(2)10-20(27(3)4)21(29)26-19-9-8-15-12-28(13-18(15)19)32(30,31)17-7-5-6-16(11-17)22(23,24)25/h5-7,11,14-15,18-20H,8-10,12-13H2,1-4H3,(H,26,29)/t15-,18+,19+,20+/m1/s1. The zero-order chi connectivity index (χ0) is 23.8. The molecule has 1 aliphatic heterocycles. The number of carbonyl (C=O) groups excluding carboxylic acids is 1. The van der Waals surface area contributed by atoms with Gasteiger partial charge >= 0.3 is 6.18 Å². The van der Waals surface area contributed by atoms with Crippen LogP contribution in [0.1, 0.15) is 38.7 Å². The lowest BCUT2D eigenvalue weighted by atomic mass is 9.96. The largest absolute Gasteiger partial charge is 0.416 e. The molecule has 1 saturated heterocycles. The minimum Gasteiger partial charge on any atom is -0.352 e. The maximum absolute atomic E-state index is 13.1. The first-order chi connectivity index (χ1) is 14.8. The van der Waals surface area contributed by atoms with Crippen LogP contribution in [0, 0.1) is 17.8 Å². The highest BCUT2D eigenvalue weighted by molar-refractivity contribution is 7.89. The summed E-state index contributed by atoms with van der Waals surface area (Å²) in [6.07, 6.45) is -2.33. The van der Waals surface area contributed by atoms with Crippen LogP contribution >= 0.6 is 0 Å². The number of rotatable bonds is 7. The molecule has 1 aliphatic carbocycles. The lowest BCUT2D eigenvalue weighted by Gasteiger charge is -2.28. The number of halogens is 3. The molecule has 1 amide bonds. The fourth-order valence-electron chi connectivity index (χ4n) is 4.86. The monoisotopic (exact) mass is 475 g/mol. The number of hydrogen-bond donors (Lipinski definition) is 1. The van der Waals surface area contributed by atoms with E-state index < -0.39 is 21.8 Å². The van der Waals surface area contributed by atoms with Crippen molar-refractivity contribution >= 4 is 15.9 Å². The third-order valence-electron chi connectivity index (χ3n) is 6.57. The Morgan fingerprint density at radius 2 is 1.91 bits per heavy atom. The highest BCUT2D eigenvalue weighted by Crippen LogP contribution is 2.41. The van der Waals surface area contributed by atoms with E-state index in [1.165, 1.54) is 10.4 Å². The summed E-state index contributed by atoms with van der Waals surface area (Å²) in [5, 5.41) is 3.13. The number of hydrogen-bond acceptors (Lipinski definition) is 4. The third kappa shape index (κ3) is 5.28. The van der Waals surface area contributed by atoms with Crippen LogP contribution in [-0.2, 0) is 21.0 Å². The number of carbonyl (C=O) groups is 1. The SMILES string of the molecule is CC(C)C[C@@H](C(=O)N[C@H]1CC[C@@H]2CN(S(=O)(=O)c3cccc(C(F)(F)F)c3)C[C@@H]21)N(C)C. The second-order valence-corrected chi connectivity index (χ2v) is 11.5. The Morgan fingerprint density at radius 1 is 1.22 bits per heavy atom. The number of sulfonamides is 1. The van der Waals surface area contributed by atoms with Crippen molar-refractivity contribution in [1.82, 2.24) is 14.5 Å². The molecule has 1 N–H and O–H groups in total. The molecular formula is C22H32F3N3O3S. The van der Waals surface area contributed by atoms with E-state index in [1.54, 1.807) is 0 Å². The van der Waals surface area contributed by atoms with Gasteiger partial charge in [0.15, 0.2) is 0 Å². The van der Waals surface area contributed by atoms with Crippen molar-refractivity contribution in [3.63, 3.8) is 0 Å². The van der Waals surface area contributed by atoms with Crippen LogP contribution in [0.3, 0.4) is 0 Å². The van der Waals surface area contributed by atoms with E-state index in [2.05, 4.69) is 19.2 Å². The molecule has 1 aromatic rings. The van der Waals surface area contributed by atoms with Gasteiger partial charge in [-0.3, -0.25) is 9.69 Å². The maximum atomic E-state index is 13.1. The molecule has 0 radical (unpaired) electrons. The van der Waals surface area contributed by atoms with Gasteiger partial charge in [-0.25, -0.2) is 8.42 Å². The summed E-state index contributed by atoms with van der Waals surface area (Å²) in [5.41, 5.74) is -0.983. The first-order valence-electron chi connectivity index (χ1n) is 10.9. The fraction of sp³-hybridized carbons (Fsp3) is 0.682. The number of likely N-dealkylation sites (N-methyl/N-ethyl adjacent to an activating group) is 1. The van der Waals surface area contributed by atoms with Gasteiger partial charge in [0.25, 0.3) is 0 Å². The van der Waals surface area contributed by atoms with Crippen LogP contribution in [0.2, 0.25) is 0 Å². The third-order valence-corrected chi connectivity index (χ3v) is 8.40. The Kier molecular flexibility index (Phi) is 7.26.